The van der Waals surface area contributed by atoms with Crippen LogP contribution in [-0.4, -0.2) is 62.3 Å². The van der Waals surface area contributed by atoms with Gasteiger partial charge in [-0.15, -0.1) is 11.6 Å². The second kappa shape index (κ2) is 9.94. The average Bonchev–Trinajstić information content (AvgIpc) is 2.92. The molecule has 2 saturated heterocycles. The quantitative estimate of drug-likeness (QED) is 0.350. The van der Waals surface area contributed by atoms with Crippen molar-refractivity contribution in [3.8, 4) is 0 Å². The Labute approximate surface area is 181 Å². The van der Waals surface area contributed by atoms with Crippen molar-refractivity contribution in [1.29, 1.82) is 0 Å². The fourth-order valence-corrected chi connectivity index (χ4v) is 6.27. The van der Waals surface area contributed by atoms with Gasteiger partial charge in [-0.25, -0.2) is 0 Å². The lowest BCUT2D eigenvalue weighted by atomic mass is 9.69. The zero-order valence-corrected chi connectivity index (χ0v) is 19.0. The molecule has 0 aromatic carbocycles. The predicted molar refractivity (Wildman–Crippen MR) is 119 cm³/mol. The first-order chi connectivity index (χ1) is 14.0. The van der Waals surface area contributed by atoms with Crippen molar-refractivity contribution in [1.82, 2.24) is 26.6 Å². The largest absolute Gasteiger partial charge is 0.377 e. The topological polar surface area (TPSA) is 69.4 Å². The molecule has 0 bridgehead atoms. The van der Waals surface area contributed by atoms with E-state index >= 15 is 0 Å². The molecule has 3 aliphatic heterocycles. The van der Waals surface area contributed by atoms with Crippen molar-refractivity contribution >= 4 is 11.6 Å². The van der Waals surface area contributed by atoms with Crippen LogP contribution >= 0.6 is 11.6 Å². The molecule has 3 fully saturated rings. The van der Waals surface area contributed by atoms with Crippen LogP contribution in [0, 0.1) is 11.8 Å². The van der Waals surface area contributed by atoms with E-state index in [9.17, 15) is 0 Å². The molecule has 4 aliphatic rings. The summed E-state index contributed by atoms with van der Waals surface area (Å²) >= 11 is 7.24. The first-order valence-corrected chi connectivity index (χ1v) is 12.1. The van der Waals surface area contributed by atoms with E-state index in [0.717, 1.165) is 32.4 Å². The van der Waals surface area contributed by atoms with E-state index in [-0.39, 0.29) is 23.8 Å². The molecule has 7 heteroatoms. The number of nitrogens with one attached hydrogen (secondary N) is 5. The van der Waals surface area contributed by atoms with Gasteiger partial charge in [0.25, 0.3) is 0 Å². The summed E-state index contributed by atoms with van der Waals surface area (Å²) in [6, 6.07) is 1.29. The number of rotatable bonds is 4. The maximum absolute atomic E-state index is 7.24. The van der Waals surface area contributed by atoms with Crippen molar-refractivity contribution in [2.24, 2.45) is 11.8 Å². The molecule has 5 N–H and O–H groups in total. The molecule has 3 heterocycles. The third kappa shape index (κ3) is 5.17. The van der Waals surface area contributed by atoms with E-state index < -0.39 is 0 Å². The zero-order valence-electron chi connectivity index (χ0n) is 18.2. The van der Waals surface area contributed by atoms with Crippen molar-refractivity contribution in [3.63, 3.8) is 0 Å². The predicted octanol–water partition coefficient (Wildman–Crippen LogP) is 1.87. The third-order valence-electron chi connectivity index (χ3n) is 7.39. The van der Waals surface area contributed by atoms with Gasteiger partial charge in [-0.2, -0.15) is 0 Å². The number of alkyl halides is 1. The van der Waals surface area contributed by atoms with E-state index in [0.29, 0.717) is 30.1 Å². The van der Waals surface area contributed by atoms with Crippen molar-refractivity contribution in [3.05, 3.63) is 11.6 Å². The van der Waals surface area contributed by atoms with Crippen molar-refractivity contribution in [2.75, 3.05) is 20.2 Å². The van der Waals surface area contributed by atoms with Crippen LogP contribution in [0.3, 0.4) is 0 Å². The first-order valence-electron chi connectivity index (χ1n) is 11.7. The molecule has 4 rings (SSSR count). The lowest BCUT2D eigenvalue weighted by Crippen LogP contribution is -2.69. The summed E-state index contributed by atoms with van der Waals surface area (Å²) in [5, 5.41) is 18.1. The summed E-state index contributed by atoms with van der Waals surface area (Å²) in [6.45, 7) is 6.35. The Kier molecular flexibility index (Phi) is 7.54. The van der Waals surface area contributed by atoms with Crippen LogP contribution in [0.2, 0.25) is 0 Å². The number of ether oxygens (including phenoxy) is 1. The highest BCUT2D eigenvalue weighted by Crippen LogP contribution is 2.44. The number of hydrogen-bond donors (Lipinski definition) is 5. The lowest BCUT2D eigenvalue weighted by molar-refractivity contribution is -0.0781. The number of hydrogen-bond acceptors (Lipinski definition) is 6. The average molecular weight is 426 g/mol. The van der Waals surface area contributed by atoms with Gasteiger partial charge in [0.2, 0.25) is 0 Å². The molecular weight excluding hydrogens is 386 g/mol. The smallest absolute Gasteiger partial charge is 0.113 e. The molecule has 6 nitrogen and oxygen atoms in total. The third-order valence-corrected chi connectivity index (χ3v) is 7.97. The second-order valence-electron chi connectivity index (χ2n) is 9.59. The number of fused-ring (bicyclic) bond motifs is 1. The SMILES string of the molecule is CNC1CC(C)NC(NC2CC3CCCOC3C(C3=CCN[C@H](C)CC3)C2Cl)N1. The van der Waals surface area contributed by atoms with Gasteiger partial charge >= 0.3 is 0 Å². The molecular formula is C22H40ClN5O. The molecule has 1 saturated carbocycles. The van der Waals surface area contributed by atoms with Crippen molar-refractivity contribution in [2.45, 2.75) is 94.4 Å². The van der Waals surface area contributed by atoms with E-state index in [1.165, 1.54) is 24.8 Å². The van der Waals surface area contributed by atoms with Gasteiger partial charge in [0.05, 0.1) is 17.6 Å². The van der Waals surface area contributed by atoms with E-state index in [2.05, 4.69) is 46.5 Å². The Bertz CT molecular complexity index is 575. The fraction of sp³-hybridized carbons (Fsp3) is 0.909. The Morgan fingerprint density at radius 1 is 1.14 bits per heavy atom. The summed E-state index contributed by atoms with van der Waals surface area (Å²) in [6.07, 6.45) is 9.97. The Morgan fingerprint density at radius 2 is 2.00 bits per heavy atom. The van der Waals surface area contributed by atoms with Crippen LogP contribution in [-0.2, 0) is 4.74 Å². The lowest BCUT2D eigenvalue weighted by Gasteiger charge is -2.49. The minimum atomic E-state index is 0.0443. The van der Waals surface area contributed by atoms with Crippen LogP contribution in [0.1, 0.15) is 52.4 Å². The van der Waals surface area contributed by atoms with Gasteiger partial charge < -0.3 is 15.4 Å². The van der Waals surface area contributed by atoms with Crippen LogP contribution in [0.25, 0.3) is 0 Å². The normalized spacial score (nSPS) is 46.5. The standard InChI is InChI=1S/C22H40ClN5O/c1-13-6-7-15(8-9-25-13)19-20(23)17(12-16-5-4-10-29-21(16)19)27-22-26-14(2)11-18(24-3)28-22/h8,13-14,16-22,24-28H,4-7,9-12H2,1-3H3/t13-,14?,16?,17?,18?,19?,20?,21?,22?/m1/s1. The minimum absolute atomic E-state index is 0.0443. The monoisotopic (exact) mass is 425 g/mol. The molecule has 0 aromatic heterocycles. The first kappa shape index (κ1) is 22.0. The van der Waals surface area contributed by atoms with Gasteiger partial charge in [-0.05, 0) is 65.3 Å². The summed E-state index contributed by atoms with van der Waals surface area (Å²) in [5.74, 6) is 0.901. The Hall–Kier alpha value is -0.210. The minimum Gasteiger partial charge on any atom is -0.377 e. The number of halogens is 1. The molecule has 0 spiro atoms. The zero-order chi connectivity index (χ0) is 20.4. The Balaban J connectivity index is 1.50. The maximum Gasteiger partial charge on any atom is 0.113 e. The molecule has 29 heavy (non-hydrogen) atoms. The Morgan fingerprint density at radius 3 is 2.83 bits per heavy atom. The maximum atomic E-state index is 7.24. The van der Waals surface area contributed by atoms with E-state index in [4.69, 9.17) is 16.3 Å². The van der Waals surface area contributed by atoms with Gasteiger partial charge in [-0.3, -0.25) is 16.0 Å². The molecule has 0 aromatic rings. The molecule has 166 valence electrons. The van der Waals surface area contributed by atoms with Crippen LogP contribution in [0.4, 0.5) is 0 Å². The molecule has 9 atom stereocenters. The van der Waals surface area contributed by atoms with Gasteiger partial charge in [0.15, 0.2) is 0 Å². The highest BCUT2D eigenvalue weighted by atomic mass is 35.5. The fourth-order valence-electron chi connectivity index (χ4n) is 5.79. The van der Waals surface area contributed by atoms with Gasteiger partial charge in [0, 0.05) is 37.2 Å². The molecule has 0 amide bonds. The van der Waals surface area contributed by atoms with Crippen LogP contribution < -0.4 is 26.6 Å². The summed E-state index contributed by atoms with van der Waals surface area (Å²) in [7, 11) is 2.02. The summed E-state index contributed by atoms with van der Waals surface area (Å²) in [4.78, 5) is 0. The van der Waals surface area contributed by atoms with Crippen LogP contribution in [0.15, 0.2) is 11.6 Å². The second-order valence-corrected chi connectivity index (χ2v) is 10.1. The van der Waals surface area contributed by atoms with Gasteiger partial charge in [-0.1, -0.05) is 11.6 Å². The van der Waals surface area contributed by atoms with Crippen molar-refractivity contribution < 1.29 is 4.74 Å². The van der Waals surface area contributed by atoms with E-state index in [1.807, 2.05) is 7.05 Å². The van der Waals surface area contributed by atoms with Crippen LogP contribution in [0.5, 0.6) is 0 Å². The molecule has 8 unspecified atom stereocenters. The summed E-state index contributed by atoms with van der Waals surface area (Å²) < 4.78 is 6.36. The highest BCUT2D eigenvalue weighted by molar-refractivity contribution is 6.21. The van der Waals surface area contributed by atoms with Gasteiger partial charge in [0.1, 0.15) is 6.29 Å². The summed E-state index contributed by atoms with van der Waals surface area (Å²) in [5.41, 5.74) is 1.51. The van der Waals surface area contributed by atoms with E-state index in [1.54, 1.807) is 0 Å². The highest BCUT2D eigenvalue weighted by Gasteiger charge is 2.47. The molecule has 0 radical (unpaired) electrons. The molecule has 1 aliphatic carbocycles.